The van der Waals surface area contributed by atoms with Gasteiger partial charge in [0.05, 0.1) is 18.9 Å². The van der Waals surface area contributed by atoms with Crippen LogP contribution in [0.15, 0.2) is 76.3 Å². The third-order valence-corrected chi connectivity index (χ3v) is 4.67. The number of carbonyl (C=O) groups excluding carboxylic acids is 3. The van der Waals surface area contributed by atoms with Crippen LogP contribution in [0.1, 0.15) is 15.9 Å². The quantitative estimate of drug-likeness (QED) is 0.171. The van der Waals surface area contributed by atoms with E-state index in [1.54, 1.807) is 42.5 Å². The second-order valence-corrected chi connectivity index (χ2v) is 7.38. The van der Waals surface area contributed by atoms with Crippen molar-refractivity contribution < 1.29 is 28.2 Å². The number of hydrazone groups is 1. The molecule has 168 valence electrons. The number of ether oxygens (including phenoxy) is 2. The van der Waals surface area contributed by atoms with E-state index in [0.29, 0.717) is 21.3 Å². The minimum absolute atomic E-state index is 0.188. The Kier molecular flexibility index (Phi) is 7.87. The molecule has 0 aromatic heterocycles. The van der Waals surface area contributed by atoms with Gasteiger partial charge in [-0.1, -0.05) is 15.9 Å². The lowest BCUT2D eigenvalue weighted by Crippen LogP contribution is -2.32. The van der Waals surface area contributed by atoms with E-state index in [0.717, 1.165) is 12.1 Å². The van der Waals surface area contributed by atoms with Gasteiger partial charge < -0.3 is 14.8 Å². The predicted octanol–water partition coefficient (Wildman–Crippen LogP) is 3.90. The van der Waals surface area contributed by atoms with E-state index < -0.39 is 23.6 Å². The van der Waals surface area contributed by atoms with Crippen molar-refractivity contribution in [3.63, 3.8) is 0 Å². The standard InChI is InChI=1S/C23H17BrFN3O5/c1-32-19-9-2-14(3-10-19)23(31)33-20-11-4-16(24)12-15(20)13-26-28-22(30)21(29)27-18-7-5-17(25)6-8-18/h2-13H,1H3,(H,27,29)(H,28,30)/b26-13-. The summed E-state index contributed by atoms with van der Waals surface area (Å²) in [4.78, 5) is 36.3. The fourth-order valence-electron chi connectivity index (χ4n) is 2.53. The van der Waals surface area contributed by atoms with Gasteiger partial charge in [0.1, 0.15) is 17.3 Å². The van der Waals surface area contributed by atoms with E-state index >= 15 is 0 Å². The minimum Gasteiger partial charge on any atom is -0.497 e. The Hall–Kier alpha value is -4.05. The molecule has 0 aliphatic rings. The highest BCUT2D eigenvalue weighted by molar-refractivity contribution is 9.10. The van der Waals surface area contributed by atoms with Crippen LogP contribution in [0, 0.1) is 5.82 Å². The molecule has 3 aromatic rings. The van der Waals surface area contributed by atoms with Crippen LogP contribution in [-0.4, -0.2) is 31.1 Å². The number of halogens is 2. The van der Waals surface area contributed by atoms with E-state index in [9.17, 15) is 18.8 Å². The van der Waals surface area contributed by atoms with Gasteiger partial charge in [0.25, 0.3) is 0 Å². The monoisotopic (exact) mass is 513 g/mol. The van der Waals surface area contributed by atoms with Crippen LogP contribution in [0.3, 0.4) is 0 Å². The number of hydrogen-bond acceptors (Lipinski definition) is 6. The maximum Gasteiger partial charge on any atom is 0.343 e. The number of carbonyl (C=O) groups is 3. The van der Waals surface area contributed by atoms with E-state index in [1.165, 1.54) is 25.5 Å². The van der Waals surface area contributed by atoms with Gasteiger partial charge in [0.2, 0.25) is 0 Å². The Morgan fingerprint density at radius 3 is 2.33 bits per heavy atom. The summed E-state index contributed by atoms with van der Waals surface area (Å²) in [5, 5.41) is 6.06. The molecule has 0 bridgehead atoms. The van der Waals surface area contributed by atoms with Gasteiger partial charge in [-0.3, -0.25) is 9.59 Å². The number of benzene rings is 3. The molecule has 0 radical (unpaired) electrons. The topological polar surface area (TPSA) is 106 Å². The van der Waals surface area contributed by atoms with Gasteiger partial charge in [-0.2, -0.15) is 5.10 Å². The summed E-state index contributed by atoms with van der Waals surface area (Å²) in [5.41, 5.74) is 3.01. The molecular formula is C23H17BrFN3O5. The maximum absolute atomic E-state index is 12.9. The second kappa shape index (κ2) is 11.0. The van der Waals surface area contributed by atoms with Gasteiger partial charge >= 0.3 is 17.8 Å². The Morgan fingerprint density at radius 2 is 1.67 bits per heavy atom. The fraction of sp³-hybridized carbons (Fsp3) is 0.0435. The molecule has 0 saturated carbocycles. The highest BCUT2D eigenvalue weighted by atomic mass is 79.9. The van der Waals surface area contributed by atoms with Gasteiger partial charge in [0.15, 0.2) is 0 Å². The van der Waals surface area contributed by atoms with Crippen molar-refractivity contribution in [1.29, 1.82) is 0 Å². The Bertz CT molecular complexity index is 1200. The molecule has 3 rings (SSSR count). The Balaban J connectivity index is 1.65. The number of amides is 2. The first-order valence-electron chi connectivity index (χ1n) is 9.41. The first-order valence-corrected chi connectivity index (χ1v) is 10.2. The fourth-order valence-corrected chi connectivity index (χ4v) is 2.91. The molecule has 33 heavy (non-hydrogen) atoms. The summed E-state index contributed by atoms with van der Waals surface area (Å²) in [5.74, 6) is -2.31. The average molecular weight is 514 g/mol. The summed E-state index contributed by atoms with van der Waals surface area (Å²) < 4.78 is 24.1. The summed E-state index contributed by atoms with van der Waals surface area (Å²) in [6.45, 7) is 0. The largest absolute Gasteiger partial charge is 0.497 e. The van der Waals surface area contributed by atoms with Crippen molar-refractivity contribution in [3.8, 4) is 11.5 Å². The van der Waals surface area contributed by atoms with E-state index in [4.69, 9.17) is 9.47 Å². The van der Waals surface area contributed by atoms with E-state index in [1.807, 2.05) is 0 Å². The summed E-state index contributed by atoms with van der Waals surface area (Å²) in [6.07, 6.45) is 1.23. The lowest BCUT2D eigenvalue weighted by atomic mass is 10.2. The number of esters is 1. The zero-order valence-corrected chi connectivity index (χ0v) is 18.8. The predicted molar refractivity (Wildman–Crippen MR) is 123 cm³/mol. The number of hydrogen-bond donors (Lipinski definition) is 2. The van der Waals surface area contributed by atoms with Crippen molar-refractivity contribution >= 4 is 45.6 Å². The van der Waals surface area contributed by atoms with Crippen LogP contribution in [0.5, 0.6) is 11.5 Å². The number of nitrogens with one attached hydrogen (secondary N) is 2. The molecule has 0 aliphatic heterocycles. The zero-order chi connectivity index (χ0) is 23.8. The lowest BCUT2D eigenvalue weighted by Gasteiger charge is -2.08. The van der Waals surface area contributed by atoms with Crippen LogP contribution in [-0.2, 0) is 9.59 Å². The smallest absolute Gasteiger partial charge is 0.343 e. The molecule has 0 unspecified atom stereocenters. The Morgan fingerprint density at radius 1 is 0.970 bits per heavy atom. The number of anilines is 1. The molecule has 0 aliphatic carbocycles. The van der Waals surface area contributed by atoms with Crippen molar-refractivity contribution in [2.45, 2.75) is 0 Å². The number of methoxy groups -OCH3 is 1. The molecule has 0 heterocycles. The summed E-state index contributed by atoms with van der Waals surface area (Å²) >= 11 is 3.32. The molecule has 3 aromatic carbocycles. The molecule has 0 spiro atoms. The normalized spacial score (nSPS) is 10.5. The van der Waals surface area contributed by atoms with E-state index in [2.05, 4.69) is 31.8 Å². The molecule has 0 saturated heterocycles. The average Bonchev–Trinajstić information content (AvgIpc) is 2.82. The van der Waals surface area contributed by atoms with Crippen LogP contribution in [0.25, 0.3) is 0 Å². The zero-order valence-electron chi connectivity index (χ0n) is 17.2. The van der Waals surface area contributed by atoms with Crippen LogP contribution in [0.2, 0.25) is 0 Å². The number of rotatable bonds is 6. The van der Waals surface area contributed by atoms with Crippen molar-refractivity contribution in [2.75, 3.05) is 12.4 Å². The summed E-state index contributed by atoms with van der Waals surface area (Å²) in [7, 11) is 1.52. The van der Waals surface area contributed by atoms with Gasteiger partial charge in [-0.25, -0.2) is 14.6 Å². The number of nitrogens with zero attached hydrogens (tertiary/aromatic N) is 1. The van der Waals surface area contributed by atoms with E-state index in [-0.39, 0.29) is 11.4 Å². The first kappa shape index (κ1) is 23.6. The van der Waals surface area contributed by atoms with Crippen molar-refractivity contribution in [2.24, 2.45) is 5.10 Å². The van der Waals surface area contributed by atoms with Crippen LogP contribution < -0.4 is 20.2 Å². The maximum atomic E-state index is 12.9. The van der Waals surface area contributed by atoms with Gasteiger partial charge in [0, 0.05) is 15.7 Å². The lowest BCUT2D eigenvalue weighted by molar-refractivity contribution is -0.136. The second-order valence-electron chi connectivity index (χ2n) is 6.46. The van der Waals surface area contributed by atoms with Crippen molar-refractivity contribution in [3.05, 3.63) is 88.1 Å². The highest BCUT2D eigenvalue weighted by Crippen LogP contribution is 2.23. The molecular weight excluding hydrogens is 497 g/mol. The van der Waals surface area contributed by atoms with Gasteiger partial charge in [-0.05, 0) is 66.7 Å². The minimum atomic E-state index is -1.04. The van der Waals surface area contributed by atoms with Crippen LogP contribution >= 0.6 is 15.9 Å². The SMILES string of the molecule is COc1ccc(C(=O)Oc2ccc(Br)cc2/C=N\NC(=O)C(=O)Nc2ccc(F)cc2)cc1. The Labute approximate surface area is 196 Å². The third-order valence-electron chi connectivity index (χ3n) is 4.18. The molecule has 8 nitrogen and oxygen atoms in total. The molecule has 0 fully saturated rings. The van der Waals surface area contributed by atoms with Gasteiger partial charge in [-0.15, -0.1) is 0 Å². The third kappa shape index (κ3) is 6.71. The van der Waals surface area contributed by atoms with Crippen molar-refractivity contribution in [1.82, 2.24) is 5.43 Å². The first-order chi connectivity index (χ1) is 15.9. The molecule has 10 heteroatoms. The molecule has 0 atom stereocenters. The highest BCUT2D eigenvalue weighted by Gasteiger charge is 2.14. The van der Waals surface area contributed by atoms with Crippen LogP contribution in [0.4, 0.5) is 10.1 Å². The molecule has 2 N–H and O–H groups in total. The molecule has 2 amide bonds. The summed E-state index contributed by atoms with van der Waals surface area (Å²) in [6, 6.07) is 16.1.